The maximum atomic E-state index is 13.0. The van der Waals surface area contributed by atoms with E-state index in [-0.39, 0.29) is 0 Å². The molecule has 0 amide bonds. The van der Waals surface area contributed by atoms with Crippen LogP contribution in [0.5, 0.6) is 0 Å². The average molecular weight is 793 g/mol. The number of unbranched alkanes of at least 4 members (excludes halogenated alkanes) is 30. The van der Waals surface area contributed by atoms with Gasteiger partial charge in [0.05, 0.1) is 25.2 Å². The van der Waals surface area contributed by atoms with Gasteiger partial charge in [0.2, 0.25) is 0 Å². The summed E-state index contributed by atoms with van der Waals surface area (Å²) in [7, 11) is 0. The second-order valence-electron chi connectivity index (χ2n) is 17.9. The highest BCUT2D eigenvalue weighted by Crippen LogP contribution is 2.48. The Balaban J connectivity index is 1.85. The second kappa shape index (κ2) is 34.0. The molecule has 0 aliphatic carbocycles. The molecule has 0 unspecified atom stereocenters. The van der Waals surface area contributed by atoms with Crippen molar-refractivity contribution in [2.24, 2.45) is 5.41 Å². The molecule has 0 bridgehead atoms. The quantitative estimate of drug-likeness (QED) is 0.0507. The zero-order chi connectivity index (χ0) is 41.1. The molecular weight excluding hydrogens is 701 g/mol. The summed E-state index contributed by atoms with van der Waals surface area (Å²) in [6.45, 7) is 2.98. The van der Waals surface area contributed by atoms with Gasteiger partial charge in [0.25, 0.3) is 0 Å². The van der Waals surface area contributed by atoms with Crippen molar-refractivity contribution in [2.45, 2.75) is 238 Å². The van der Waals surface area contributed by atoms with Crippen molar-refractivity contribution in [3.63, 3.8) is 0 Å². The number of benzene rings is 2. The van der Waals surface area contributed by atoms with Gasteiger partial charge in [-0.25, -0.2) is 0 Å². The molecule has 2 aromatic rings. The molecule has 57 heavy (non-hydrogen) atoms. The highest BCUT2D eigenvalue weighted by Gasteiger charge is 2.53. The lowest BCUT2D eigenvalue weighted by molar-refractivity contribution is -0.136. The third-order valence-electron chi connectivity index (χ3n) is 13.1. The van der Waals surface area contributed by atoms with Crippen molar-refractivity contribution >= 4 is 0 Å². The molecule has 2 aromatic carbocycles. The fourth-order valence-electron chi connectivity index (χ4n) is 9.12. The van der Waals surface area contributed by atoms with E-state index < -0.39 is 30.8 Å². The Bertz CT molecular complexity index is 1100. The van der Waals surface area contributed by atoms with Crippen LogP contribution < -0.4 is 0 Å². The molecule has 0 fully saturated rings. The first-order valence-corrected chi connectivity index (χ1v) is 24.8. The Kier molecular flexibility index (Phi) is 30.7. The Hall–Kier alpha value is -1.72. The molecule has 0 saturated heterocycles. The van der Waals surface area contributed by atoms with Crippen molar-refractivity contribution < 1.29 is 20.4 Å². The van der Waals surface area contributed by atoms with Crippen LogP contribution in [0.4, 0.5) is 0 Å². The summed E-state index contributed by atoms with van der Waals surface area (Å²) in [6, 6.07) is 16.0. The van der Waals surface area contributed by atoms with E-state index in [0.29, 0.717) is 11.1 Å². The predicted octanol–water partition coefficient (Wildman–Crippen LogP) is 14.5. The first-order valence-electron chi connectivity index (χ1n) is 24.8. The standard InChI is InChI=1S/C53H92O4/c1-3-5-7-9-11-13-15-17-19-21-23-25-27-29-31-33-39-48-41-35-37-43-50(48)53(57,52(45-54,46-55)47-56)51-44-38-36-42-49(51)40-34-32-30-28-26-24-22-20-18-16-14-12-10-8-6-4-2/h35-38,41-44,54-57H,3-34,39-40,45-47H2,1-2H3. The lowest BCUT2D eigenvalue weighted by atomic mass is 9.63. The highest BCUT2D eigenvalue weighted by atomic mass is 16.3. The summed E-state index contributed by atoms with van der Waals surface area (Å²) in [6.07, 6.45) is 44.2. The molecule has 0 heterocycles. The molecule has 2 rings (SSSR count). The summed E-state index contributed by atoms with van der Waals surface area (Å²) in [5.41, 5.74) is 0.167. The molecule has 4 heteroatoms. The fraction of sp³-hybridized carbons (Fsp3) is 0.774. The van der Waals surface area contributed by atoms with Crippen LogP contribution in [-0.2, 0) is 18.4 Å². The van der Waals surface area contributed by atoms with Crippen LogP contribution in [0.2, 0.25) is 0 Å². The first-order chi connectivity index (χ1) is 28.0. The second-order valence-corrected chi connectivity index (χ2v) is 17.9. The van der Waals surface area contributed by atoms with E-state index in [1.807, 2.05) is 36.4 Å². The first kappa shape index (κ1) is 51.4. The normalized spacial score (nSPS) is 12.2. The van der Waals surface area contributed by atoms with E-state index in [1.165, 1.54) is 180 Å². The fourth-order valence-corrected chi connectivity index (χ4v) is 9.12. The third kappa shape index (κ3) is 19.9. The zero-order valence-electron chi connectivity index (χ0n) is 37.6. The Morgan fingerprint density at radius 1 is 0.333 bits per heavy atom. The summed E-state index contributed by atoms with van der Waals surface area (Å²) in [5, 5.41) is 45.4. The Morgan fingerprint density at radius 2 is 0.561 bits per heavy atom. The van der Waals surface area contributed by atoms with Gasteiger partial charge >= 0.3 is 0 Å². The van der Waals surface area contributed by atoms with E-state index in [1.54, 1.807) is 0 Å². The van der Waals surface area contributed by atoms with Gasteiger partial charge in [-0.1, -0.05) is 255 Å². The van der Waals surface area contributed by atoms with Crippen LogP contribution in [0.1, 0.15) is 242 Å². The van der Waals surface area contributed by atoms with E-state index >= 15 is 0 Å². The molecule has 4 nitrogen and oxygen atoms in total. The summed E-state index contributed by atoms with van der Waals surface area (Å²) in [4.78, 5) is 0. The van der Waals surface area contributed by atoms with Crippen LogP contribution in [0, 0.1) is 5.41 Å². The maximum absolute atomic E-state index is 13.0. The largest absolute Gasteiger partial charge is 0.395 e. The monoisotopic (exact) mass is 793 g/mol. The van der Waals surface area contributed by atoms with Gasteiger partial charge in [-0.2, -0.15) is 0 Å². The minimum absolute atomic E-state index is 0.530. The number of aliphatic hydroxyl groups excluding tert-OH is 3. The smallest absolute Gasteiger partial charge is 0.127 e. The molecular formula is C53H92O4. The van der Waals surface area contributed by atoms with Gasteiger partial charge in [0.15, 0.2) is 0 Å². The van der Waals surface area contributed by atoms with Crippen molar-refractivity contribution in [3.8, 4) is 0 Å². The molecule has 0 aliphatic heterocycles. The molecule has 0 aromatic heterocycles. The zero-order valence-corrected chi connectivity index (χ0v) is 37.6. The van der Waals surface area contributed by atoms with Gasteiger partial charge in [0.1, 0.15) is 5.60 Å². The molecule has 0 radical (unpaired) electrons. The van der Waals surface area contributed by atoms with Crippen molar-refractivity contribution in [3.05, 3.63) is 70.8 Å². The van der Waals surface area contributed by atoms with Gasteiger partial charge in [-0.05, 0) is 47.9 Å². The maximum Gasteiger partial charge on any atom is 0.127 e. The molecule has 0 saturated carbocycles. The van der Waals surface area contributed by atoms with Crippen molar-refractivity contribution in [1.29, 1.82) is 0 Å². The van der Waals surface area contributed by atoms with Gasteiger partial charge in [-0.3, -0.25) is 0 Å². The average Bonchev–Trinajstić information content (AvgIpc) is 3.24. The summed E-state index contributed by atoms with van der Waals surface area (Å²) < 4.78 is 0. The molecule has 0 spiro atoms. The lowest BCUT2D eigenvalue weighted by Gasteiger charge is -2.46. The van der Waals surface area contributed by atoms with Crippen LogP contribution >= 0.6 is 0 Å². The van der Waals surface area contributed by atoms with Crippen LogP contribution in [0.25, 0.3) is 0 Å². The minimum Gasteiger partial charge on any atom is -0.395 e. The van der Waals surface area contributed by atoms with E-state index in [0.717, 1.165) is 49.7 Å². The molecule has 0 aliphatic rings. The van der Waals surface area contributed by atoms with Crippen LogP contribution in [0.15, 0.2) is 48.5 Å². The Labute approximate surface area is 353 Å². The number of hydrogen-bond donors (Lipinski definition) is 4. The number of rotatable bonds is 40. The highest BCUT2D eigenvalue weighted by molar-refractivity contribution is 5.47. The summed E-state index contributed by atoms with van der Waals surface area (Å²) in [5.74, 6) is 0. The molecule has 328 valence electrons. The van der Waals surface area contributed by atoms with Gasteiger partial charge in [-0.15, -0.1) is 0 Å². The Morgan fingerprint density at radius 3 is 0.807 bits per heavy atom. The topological polar surface area (TPSA) is 80.9 Å². The number of hydrogen-bond acceptors (Lipinski definition) is 4. The van der Waals surface area contributed by atoms with Crippen LogP contribution in [-0.4, -0.2) is 40.2 Å². The van der Waals surface area contributed by atoms with E-state index in [9.17, 15) is 20.4 Å². The number of aryl methyl sites for hydroxylation is 2. The lowest BCUT2D eigenvalue weighted by Crippen LogP contribution is -2.55. The van der Waals surface area contributed by atoms with Crippen LogP contribution in [0.3, 0.4) is 0 Å². The van der Waals surface area contributed by atoms with E-state index in [2.05, 4.69) is 26.0 Å². The van der Waals surface area contributed by atoms with E-state index in [4.69, 9.17) is 0 Å². The predicted molar refractivity (Wildman–Crippen MR) is 246 cm³/mol. The molecule has 4 N–H and O–H groups in total. The van der Waals surface area contributed by atoms with Crippen molar-refractivity contribution in [1.82, 2.24) is 0 Å². The van der Waals surface area contributed by atoms with Gasteiger partial charge < -0.3 is 20.4 Å². The molecule has 0 atom stereocenters. The minimum atomic E-state index is -1.75. The SMILES string of the molecule is CCCCCCCCCCCCCCCCCCc1ccccc1C(O)(c1ccccc1CCCCCCCCCCCCCCCCCC)C(CO)(CO)CO. The van der Waals surface area contributed by atoms with Gasteiger partial charge in [0, 0.05) is 0 Å². The van der Waals surface area contributed by atoms with Crippen molar-refractivity contribution in [2.75, 3.05) is 19.8 Å². The third-order valence-corrected chi connectivity index (χ3v) is 13.1. The summed E-state index contributed by atoms with van der Waals surface area (Å²) >= 11 is 0. The number of aliphatic hydroxyl groups is 4.